The third-order valence-corrected chi connectivity index (χ3v) is 4.39. The Morgan fingerprint density at radius 1 is 1.00 bits per heavy atom. The van der Waals surface area contributed by atoms with Crippen molar-refractivity contribution < 1.29 is 26.3 Å². The van der Waals surface area contributed by atoms with Crippen LogP contribution in [0.25, 0.3) is 0 Å². The zero-order valence-corrected chi connectivity index (χ0v) is 12.0. The fourth-order valence-corrected chi connectivity index (χ4v) is 3.38. The van der Waals surface area contributed by atoms with Crippen molar-refractivity contribution in [3.05, 3.63) is 23.9 Å². The first kappa shape index (κ1) is 16.4. The zero-order chi connectivity index (χ0) is 16.8. The van der Waals surface area contributed by atoms with E-state index in [1.165, 1.54) is 11.0 Å². The summed E-state index contributed by atoms with van der Waals surface area (Å²) in [6.45, 7) is -0.230. The van der Waals surface area contributed by atoms with E-state index in [0.717, 1.165) is 12.3 Å². The first-order valence-electron chi connectivity index (χ1n) is 7.24. The van der Waals surface area contributed by atoms with Crippen molar-refractivity contribution >= 4 is 5.82 Å². The second kappa shape index (κ2) is 5.54. The van der Waals surface area contributed by atoms with E-state index < -0.39 is 24.5 Å². The van der Waals surface area contributed by atoms with Gasteiger partial charge in [-0.3, -0.25) is 4.90 Å². The topological polar surface area (TPSA) is 19.4 Å². The average molecular weight is 339 g/mol. The summed E-state index contributed by atoms with van der Waals surface area (Å²) in [7, 11) is 0. The molecule has 3 heterocycles. The number of aromatic nitrogens is 1. The summed E-state index contributed by atoms with van der Waals surface area (Å²) in [5, 5.41) is 0. The van der Waals surface area contributed by atoms with E-state index in [0.29, 0.717) is 31.7 Å². The minimum atomic E-state index is -4.45. The van der Waals surface area contributed by atoms with Crippen LogP contribution in [0.5, 0.6) is 0 Å². The lowest BCUT2D eigenvalue weighted by atomic mass is 10.1. The highest BCUT2D eigenvalue weighted by Crippen LogP contribution is 2.35. The van der Waals surface area contributed by atoms with Gasteiger partial charge in [-0.25, -0.2) is 4.98 Å². The molecule has 9 heteroatoms. The summed E-state index contributed by atoms with van der Waals surface area (Å²) in [4.78, 5) is 7.06. The first-order valence-corrected chi connectivity index (χ1v) is 7.24. The van der Waals surface area contributed by atoms with Crippen molar-refractivity contribution in [3.8, 4) is 0 Å². The summed E-state index contributed by atoms with van der Waals surface area (Å²) in [5.74, 6) is 0.376. The van der Waals surface area contributed by atoms with Crippen molar-refractivity contribution in [1.82, 2.24) is 9.88 Å². The second-order valence-corrected chi connectivity index (χ2v) is 5.98. The van der Waals surface area contributed by atoms with E-state index in [1.807, 2.05) is 0 Å². The SMILES string of the molecule is FC(F)(F)CN1C2CCC1CN(c1ccc(C(F)(F)F)cn1)C2. The van der Waals surface area contributed by atoms with E-state index in [2.05, 4.69) is 4.98 Å². The van der Waals surface area contributed by atoms with Gasteiger partial charge in [-0.15, -0.1) is 0 Å². The molecule has 2 bridgehead atoms. The van der Waals surface area contributed by atoms with Crippen LogP contribution in [0, 0.1) is 0 Å². The van der Waals surface area contributed by atoms with Crippen LogP contribution < -0.4 is 4.90 Å². The Bertz CT molecular complexity index is 539. The normalized spacial score (nSPS) is 25.9. The lowest BCUT2D eigenvalue weighted by molar-refractivity contribution is -0.153. The molecule has 2 atom stereocenters. The quantitative estimate of drug-likeness (QED) is 0.771. The minimum absolute atomic E-state index is 0.237. The zero-order valence-electron chi connectivity index (χ0n) is 12.0. The molecule has 0 aromatic carbocycles. The van der Waals surface area contributed by atoms with Gasteiger partial charge in [0.05, 0.1) is 12.1 Å². The van der Waals surface area contributed by atoms with Gasteiger partial charge in [-0.1, -0.05) is 0 Å². The van der Waals surface area contributed by atoms with Crippen LogP contribution in [0.4, 0.5) is 32.2 Å². The Hall–Kier alpha value is -1.51. The minimum Gasteiger partial charge on any atom is -0.353 e. The number of halogens is 6. The van der Waals surface area contributed by atoms with Gasteiger partial charge >= 0.3 is 12.4 Å². The Labute approximate surface area is 128 Å². The molecule has 2 aliphatic heterocycles. The Morgan fingerprint density at radius 3 is 2.04 bits per heavy atom. The van der Waals surface area contributed by atoms with Crippen LogP contribution in [0.1, 0.15) is 18.4 Å². The molecule has 0 aliphatic carbocycles. The van der Waals surface area contributed by atoms with Crippen LogP contribution in [0.3, 0.4) is 0 Å². The molecule has 2 saturated heterocycles. The number of nitrogens with zero attached hydrogens (tertiary/aromatic N) is 3. The standard InChI is InChI=1S/C14H15F6N3/c15-13(16,17)8-23-10-2-3-11(23)7-22(6-10)12-4-1-9(5-21-12)14(18,19)20/h1,4-5,10-11H,2-3,6-8H2. The Kier molecular flexibility index (Phi) is 3.94. The van der Waals surface area contributed by atoms with Crippen molar-refractivity contribution in [2.75, 3.05) is 24.5 Å². The van der Waals surface area contributed by atoms with Gasteiger partial charge in [-0.2, -0.15) is 26.3 Å². The molecule has 3 rings (SSSR count). The fraction of sp³-hybridized carbons (Fsp3) is 0.643. The summed E-state index contributed by atoms with van der Waals surface area (Å²) in [6.07, 6.45) is -6.60. The van der Waals surface area contributed by atoms with E-state index in [9.17, 15) is 26.3 Å². The Morgan fingerprint density at radius 2 is 1.61 bits per heavy atom. The van der Waals surface area contributed by atoms with Crippen molar-refractivity contribution in [3.63, 3.8) is 0 Å². The predicted octanol–water partition coefficient (Wildman–Crippen LogP) is 3.32. The molecule has 128 valence electrons. The maximum Gasteiger partial charge on any atom is 0.417 e. The number of anilines is 1. The lowest BCUT2D eigenvalue weighted by Gasteiger charge is -2.41. The van der Waals surface area contributed by atoms with Gasteiger partial charge < -0.3 is 4.90 Å². The molecule has 2 unspecified atom stereocenters. The summed E-state index contributed by atoms with van der Waals surface area (Å²) in [5.41, 5.74) is -0.833. The summed E-state index contributed by atoms with van der Waals surface area (Å²) < 4.78 is 75.5. The number of pyridine rings is 1. The number of hydrogen-bond donors (Lipinski definition) is 0. The van der Waals surface area contributed by atoms with E-state index >= 15 is 0 Å². The molecule has 0 N–H and O–H groups in total. The molecular formula is C14H15F6N3. The molecule has 3 nitrogen and oxygen atoms in total. The highest BCUT2D eigenvalue weighted by molar-refractivity contribution is 5.41. The number of piperazine rings is 1. The molecule has 0 radical (unpaired) electrons. The highest BCUT2D eigenvalue weighted by atomic mass is 19.4. The maximum absolute atomic E-state index is 12.6. The summed E-state index contributed by atoms with van der Waals surface area (Å²) in [6, 6.07) is 1.76. The number of hydrogen-bond acceptors (Lipinski definition) is 3. The van der Waals surface area contributed by atoms with Crippen LogP contribution in [-0.4, -0.2) is 47.8 Å². The molecular weight excluding hydrogens is 324 g/mol. The van der Waals surface area contributed by atoms with Gasteiger partial charge in [0.1, 0.15) is 5.82 Å². The molecule has 1 aromatic rings. The molecule has 2 aliphatic rings. The van der Waals surface area contributed by atoms with Gasteiger partial charge in [0.25, 0.3) is 0 Å². The smallest absolute Gasteiger partial charge is 0.353 e. The monoisotopic (exact) mass is 339 g/mol. The van der Waals surface area contributed by atoms with E-state index in [4.69, 9.17) is 0 Å². The molecule has 2 fully saturated rings. The van der Waals surface area contributed by atoms with Gasteiger partial charge in [-0.05, 0) is 25.0 Å². The van der Waals surface area contributed by atoms with Crippen LogP contribution in [-0.2, 0) is 6.18 Å². The average Bonchev–Trinajstić information content (AvgIpc) is 2.68. The van der Waals surface area contributed by atoms with Gasteiger partial charge in [0.2, 0.25) is 0 Å². The third kappa shape index (κ3) is 3.54. The fourth-order valence-electron chi connectivity index (χ4n) is 3.38. The number of rotatable bonds is 2. The predicted molar refractivity (Wildman–Crippen MR) is 71.0 cm³/mol. The maximum atomic E-state index is 12.6. The molecule has 23 heavy (non-hydrogen) atoms. The first-order chi connectivity index (χ1) is 10.6. The van der Waals surface area contributed by atoms with Crippen LogP contribution in [0.2, 0.25) is 0 Å². The largest absolute Gasteiger partial charge is 0.417 e. The summed E-state index contributed by atoms with van der Waals surface area (Å²) >= 11 is 0. The van der Waals surface area contributed by atoms with E-state index in [1.54, 1.807) is 4.90 Å². The number of alkyl halides is 6. The van der Waals surface area contributed by atoms with Crippen molar-refractivity contribution in [2.45, 2.75) is 37.3 Å². The molecule has 0 amide bonds. The number of fused-ring (bicyclic) bond motifs is 2. The molecule has 1 aromatic heterocycles. The van der Waals surface area contributed by atoms with Gasteiger partial charge in [0, 0.05) is 31.4 Å². The molecule has 0 spiro atoms. The van der Waals surface area contributed by atoms with Crippen LogP contribution >= 0.6 is 0 Å². The third-order valence-electron chi connectivity index (χ3n) is 4.39. The van der Waals surface area contributed by atoms with Crippen molar-refractivity contribution in [2.24, 2.45) is 0 Å². The van der Waals surface area contributed by atoms with Crippen LogP contribution in [0.15, 0.2) is 18.3 Å². The van der Waals surface area contributed by atoms with E-state index in [-0.39, 0.29) is 12.1 Å². The molecule has 0 saturated carbocycles. The second-order valence-electron chi connectivity index (χ2n) is 5.98. The van der Waals surface area contributed by atoms with Crippen molar-refractivity contribution in [1.29, 1.82) is 0 Å². The van der Waals surface area contributed by atoms with Gasteiger partial charge in [0.15, 0.2) is 0 Å². The highest BCUT2D eigenvalue weighted by Gasteiger charge is 2.45. The Balaban J connectivity index is 1.71. The lowest BCUT2D eigenvalue weighted by Crippen LogP contribution is -2.56.